The van der Waals surface area contributed by atoms with Crippen LogP contribution < -0.4 is 10.7 Å². The number of benzene rings is 3. The molecule has 0 aromatic heterocycles. The number of phenols is 1. The molecule has 0 aliphatic carbocycles. The summed E-state index contributed by atoms with van der Waals surface area (Å²) in [5, 5.41) is 16.9. The Morgan fingerprint density at radius 3 is 2.19 bits per heavy atom. The number of amides is 1. The van der Waals surface area contributed by atoms with Gasteiger partial charge in [0.1, 0.15) is 5.75 Å². The molecular weight excluding hydrogens is 338 g/mol. The smallest absolute Gasteiger partial charge is 0.271 e. The molecule has 0 aliphatic rings. The van der Waals surface area contributed by atoms with Gasteiger partial charge in [-0.15, -0.1) is 0 Å². The Morgan fingerprint density at radius 1 is 0.852 bits per heavy atom. The second-order valence-corrected chi connectivity index (χ2v) is 6.04. The zero-order valence-corrected chi connectivity index (χ0v) is 14.8. The molecule has 0 saturated carbocycles. The summed E-state index contributed by atoms with van der Waals surface area (Å²) in [6, 6.07) is 24.4. The van der Waals surface area contributed by atoms with E-state index in [4.69, 9.17) is 0 Å². The Kier molecular flexibility index (Phi) is 6.33. The van der Waals surface area contributed by atoms with Gasteiger partial charge in [-0.25, -0.2) is 5.43 Å². The van der Waals surface area contributed by atoms with Crippen molar-refractivity contribution in [3.05, 3.63) is 101 Å². The van der Waals surface area contributed by atoms with Gasteiger partial charge >= 0.3 is 0 Å². The standard InChI is InChI=1S/C22H21N3O2/c26-21-9-5-4-8-20(21)16-24-25-22(27)19-12-10-18(11-13-19)15-23-14-17-6-2-1-3-7-17/h1-13,16,23,26H,14-15H2,(H,25,27)/b24-16+. The largest absolute Gasteiger partial charge is 0.507 e. The van der Waals surface area contributed by atoms with Crippen LogP contribution in [0.4, 0.5) is 0 Å². The van der Waals surface area contributed by atoms with Crippen molar-refractivity contribution in [2.75, 3.05) is 0 Å². The summed E-state index contributed by atoms with van der Waals surface area (Å²) in [5.41, 5.74) is 5.86. The number of hydrogen-bond acceptors (Lipinski definition) is 4. The number of rotatable bonds is 7. The van der Waals surface area contributed by atoms with E-state index in [2.05, 4.69) is 28.0 Å². The highest BCUT2D eigenvalue weighted by atomic mass is 16.3. The van der Waals surface area contributed by atoms with Crippen LogP contribution in [0.5, 0.6) is 5.75 Å². The lowest BCUT2D eigenvalue weighted by Gasteiger charge is -2.06. The number of phenolic OH excluding ortho intramolecular Hbond substituents is 1. The minimum absolute atomic E-state index is 0.114. The van der Waals surface area contributed by atoms with Crippen molar-refractivity contribution in [1.29, 1.82) is 0 Å². The first-order valence-electron chi connectivity index (χ1n) is 8.67. The Morgan fingerprint density at radius 2 is 1.48 bits per heavy atom. The van der Waals surface area contributed by atoms with Crippen molar-refractivity contribution in [3.8, 4) is 5.75 Å². The predicted molar refractivity (Wildman–Crippen MR) is 107 cm³/mol. The van der Waals surface area contributed by atoms with Gasteiger partial charge in [-0.2, -0.15) is 5.10 Å². The fourth-order valence-corrected chi connectivity index (χ4v) is 2.54. The van der Waals surface area contributed by atoms with Crippen molar-refractivity contribution < 1.29 is 9.90 Å². The number of aromatic hydroxyl groups is 1. The molecule has 0 heterocycles. The van der Waals surface area contributed by atoms with E-state index < -0.39 is 0 Å². The van der Waals surface area contributed by atoms with Crippen LogP contribution in [0.25, 0.3) is 0 Å². The first-order chi connectivity index (χ1) is 13.2. The number of nitrogens with zero attached hydrogens (tertiary/aromatic N) is 1. The topological polar surface area (TPSA) is 73.7 Å². The van der Waals surface area contributed by atoms with E-state index >= 15 is 0 Å². The minimum Gasteiger partial charge on any atom is -0.507 e. The van der Waals surface area contributed by atoms with E-state index in [0.29, 0.717) is 11.1 Å². The fourth-order valence-electron chi connectivity index (χ4n) is 2.54. The molecule has 0 spiro atoms. The Hall–Kier alpha value is -3.44. The van der Waals surface area contributed by atoms with Gasteiger partial charge < -0.3 is 10.4 Å². The van der Waals surface area contributed by atoms with Gasteiger partial charge in [0.15, 0.2) is 0 Å². The van der Waals surface area contributed by atoms with Gasteiger partial charge in [-0.05, 0) is 35.4 Å². The Labute approximate surface area is 158 Å². The molecule has 1 amide bonds. The maximum Gasteiger partial charge on any atom is 0.271 e. The summed E-state index contributed by atoms with van der Waals surface area (Å²) in [7, 11) is 0. The minimum atomic E-state index is -0.300. The molecule has 3 aromatic carbocycles. The van der Waals surface area contributed by atoms with E-state index in [9.17, 15) is 9.90 Å². The highest BCUT2D eigenvalue weighted by molar-refractivity contribution is 5.95. The summed E-state index contributed by atoms with van der Waals surface area (Å²) in [4.78, 5) is 12.1. The van der Waals surface area contributed by atoms with E-state index in [0.717, 1.165) is 18.7 Å². The Balaban J connectivity index is 1.49. The highest BCUT2D eigenvalue weighted by Gasteiger charge is 2.04. The maximum atomic E-state index is 12.1. The van der Waals surface area contributed by atoms with Gasteiger partial charge in [0.05, 0.1) is 6.21 Å². The SMILES string of the molecule is O=C(N/N=C/c1ccccc1O)c1ccc(CNCc2ccccc2)cc1. The normalized spacial score (nSPS) is 10.8. The third kappa shape index (κ3) is 5.52. The molecule has 0 bridgehead atoms. The summed E-state index contributed by atoms with van der Waals surface area (Å²) in [6.45, 7) is 1.52. The molecule has 0 aliphatic heterocycles. The van der Waals surface area contributed by atoms with Crippen LogP contribution in [0.1, 0.15) is 27.0 Å². The average molecular weight is 359 g/mol. The first kappa shape index (κ1) is 18.4. The molecule has 3 aromatic rings. The van der Waals surface area contributed by atoms with Crippen LogP contribution in [-0.4, -0.2) is 17.2 Å². The van der Waals surface area contributed by atoms with E-state index in [-0.39, 0.29) is 11.7 Å². The molecule has 0 unspecified atom stereocenters. The summed E-state index contributed by atoms with van der Waals surface area (Å²) in [5.74, 6) is -0.187. The number of nitrogens with one attached hydrogen (secondary N) is 2. The third-order valence-electron chi connectivity index (χ3n) is 4.02. The van der Waals surface area contributed by atoms with Crippen molar-refractivity contribution in [2.24, 2.45) is 5.10 Å². The van der Waals surface area contributed by atoms with Crippen molar-refractivity contribution >= 4 is 12.1 Å². The van der Waals surface area contributed by atoms with Crippen molar-refractivity contribution in [3.63, 3.8) is 0 Å². The molecule has 0 radical (unpaired) electrons. The van der Waals surface area contributed by atoms with E-state index in [1.807, 2.05) is 30.3 Å². The highest BCUT2D eigenvalue weighted by Crippen LogP contribution is 2.12. The number of para-hydroxylation sites is 1. The van der Waals surface area contributed by atoms with Gasteiger partial charge in [0.2, 0.25) is 0 Å². The van der Waals surface area contributed by atoms with E-state index in [1.54, 1.807) is 36.4 Å². The third-order valence-corrected chi connectivity index (χ3v) is 4.02. The quantitative estimate of drug-likeness (QED) is 0.447. The lowest BCUT2D eigenvalue weighted by Crippen LogP contribution is -2.18. The Bertz CT molecular complexity index is 906. The van der Waals surface area contributed by atoms with Crippen LogP contribution in [-0.2, 0) is 13.1 Å². The molecular formula is C22H21N3O2. The number of hydrazone groups is 1. The van der Waals surface area contributed by atoms with Crippen molar-refractivity contribution in [1.82, 2.24) is 10.7 Å². The first-order valence-corrected chi connectivity index (χ1v) is 8.67. The van der Waals surface area contributed by atoms with Gasteiger partial charge in [0, 0.05) is 24.2 Å². The molecule has 0 fully saturated rings. The lowest BCUT2D eigenvalue weighted by molar-refractivity contribution is 0.0955. The molecule has 5 heteroatoms. The molecule has 136 valence electrons. The van der Waals surface area contributed by atoms with Crippen LogP contribution in [0.3, 0.4) is 0 Å². The molecule has 5 nitrogen and oxygen atoms in total. The van der Waals surface area contributed by atoms with Crippen molar-refractivity contribution in [2.45, 2.75) is 13.1 Å². The molecule has 27 heavy (non-hydrogen) atoms. The zero-order chi connectivity index (χ0) is 18.9. The molecule has 3 rings (SSSR count). The zero-order valence-electron chi connectivity index (χ0n) is 14.8. The molecule has 0 saturated heterocycles. The van der Waals surface area contributed by atoms with Crippen LogP contribution in [0.2, 0.25) is 0 Å². The second kappa shape index (κ2) is 9.31. The number of carbonyl (C=O) groups is 1. The fraction of sp³-hybridized carbons (Fsp3) is 0.0909. The second-order valence-electron chi connectivity index (χ2n) is 6.04. The van der Waals surface area contributed by atoms with Crippen LogP contribution >= 0.6 is 0 Å². The number of carbonyl (C=O) groups excluding carboxylic acids is 1. The monoisotopic (exact) mass is 359 g/mol. The van der Waals surface area contributed by atoms with Gasteiger partial charge in [0.25, 0.3) is 5.91 Å². The summed E-state index contributed by atoms with van der Waals surface area (Å²) >= 11 is 0. The predicted octanol–water partition coefficient (Wildman–Crippen LogP) is 3.45. The summed E-state index contributed by atoms with van der Waals surface area (Å²) in [6.07, 6.45) is 1.41. The van der Waals surface area contributed by atoms with Crippen LogP contribution in [0, 0.1) is 0 Å². The lowest BCUT2D eigenvalue weighted by atomic mass is 10.1. The summed E-state index contributed by atoms with van der Waals surface area (Å²) < 4.78 is 0. The van der Waals surface area contributed by atoms with E-state index in [1.165, 1.54) is 11.8 Å². The molecule has 3 N–H and O–H groups in total. The maximum absolute atomic E-state index is 12.1. The molecule has 0 atom stereocenters. The average Bonchev–Trinajstić information content (AvgIpc) is 2.71. The van der Waals surface area contributed by atoms with Gasteiger partial charge in [-0.3, -0.25) is 4.79 Å². The van der Waals surface area contributed by atoms with Crippen LogP contribution in [0.15, 0.2) is 84.0 Å². The number of hydrogen-bond donors (Lipinski definition) is 3. The van der Waals surface area contributed by atoms with Gasteiger partial charge in [-0.1, -0.05) is 54.6 Å².